The minimum atomic E-state index is -0.846. The third-order valence-electron chi connectivity index (χ3n) is 5.71. The van der Waals surface area contributed by atoms with E-state index >= 15 is 0 Å². The molecule has 3 atom stereocenters. The molecule has 0 aromatic heterocycles. The van der Waals surface area contributed by atoms with E-state index in [0.717, 1.165) is 18.4 Å². The number of carbonyl (C=O) groups is 2. The number of hydrogen-bond donors (Lipinski definition) is 0. The number of fused-ring (bicyclic) bond motifs is 1. The van der Waals surface area contributed by atoms with E-state index in [9.17, 15) is 9.59 Å². The molecule has 0 amide bonds. The van der Waals surface area contributed by atoms with Crippen LogP contribution >= 0.6 is 0 Å². The molecule has 3 unspecified atom stereocenters. The summed E-state index contributed by atoms with van der Waals surface area (Å²) < 4.78 is 11.4. The van der Waals surface area contributed by atoms with E-state index in [0.29, 0.717) is 12.8 Å². The molecule has 24 heavy (non-hydrogen) atoms. The largest absolute Gasteiger partial charge is 0.460 e. The number of rotatable bonds is 6. The van der Waals surface area contributed by atoms with Crippen LogP contribution in [0.25, 0.3) is 0 Å². The molecule has 1 aromatic carbocycles. The van der Waals surface area contributed by atoms with Crippen molar-refractivity contribution < 1.29 is 19.1 Å². The van der Waals surface area contributed by atoms with Crippen LogP contribution in [-0.4, -0.2) is 17.5 Å². The molecule has 0 bridgehead atoms. The summed E-state index contributed by atoms with van der Waals surface area (Å²) in [7, 11) is 0. The van der Waals surface area contributed by atoms with E-state index < -0.39 is 11.0 Å². The Morgan fingerprint density at radius 1 is 1.42 bits per heavy atom. The number of esters is 2. The van der Waals surface area contributed by atoms with E-state index in [4.69, 9.17) is 9.47 Å². The van der Waals surface area contributed by atoms with Gasteiger partial charge in [0.25, 0.3) is 0 Å². The smallest absolute Gasteiger partial charge is 0.317 e. The first-order chi connectivity index (χ1) is 11.6. The second kappa shape index (κ2) is 6.42. The maximum atomic E-state index is 13.0. The van der Waals surface area contributed by atoms with Crippen LogP contribution in [0.2, 0.25) is 0 Å². The molecule has 1 aromatic rings. The Labute approximate surface area is 142 Å². The Hall–Kier alpha value is -2.10. The summed E-state index contributed by atoms with van der Waals surface area (Å²) in [6.45, 7) is 6.02. The van der Waals surface area contributed by atoms with Crippen molar-refractivity contribution in [3.05, 3.63) is 48.6 Å². The molecule has 1 saturated heterocycles. The quantitative estimate of drug-likeness (QED) is 0.589. The molecule has 1 aliphatic carbocycles. The van der Waals surface area contributed by atoms with Crippen LogP contribution in [0.1, 0.15) is 44.6 Å². The molecule has 128 valence electrons. The zero-order chi connectivity index (χ0) is 17.2. The van der Waals surface area contributed by atoms with Crippen LogP contribution < -0.4 is 0 Å². The predicted molar refractivity (Wildman–Crippen MR) is 89.9 cm³/mol. The molecule has 1 heterocycles. The molecular formula is C20H24O4. The fourth-order valence-corrected chi connectivity index (χ4v) is 4.58. The summed E-state index contributed by atoms with van der Waals surface area (Å²) in [6.07, 6.45) is 4.83. The van der Waals surface area contributed by atoms with Gasteiger partial charge in [-0.25, -0.2) is 0 Å². The Bertz CT molecular complexity index is 638. The summed E-state index contributed by atoms with van der Waals surface area (Å²) >= 11 is 0. The van der Waals surface area contributed by atoms with Crippen molar-refractivity contribution in [3.8, 4) is 0 Å². The van der Waals surface area contributed by atoms with E-state index in [1.165, 1.54) is 0 Å². The summed E-state index contributed by atoms with van der Waals surface area (Å²) in [4.78, 5) is 25.1. The van der Waals surface area contributed by atoms with E-state index in [-0.39, 0.29) is 30.9 Å². The van der Waals surface area contributed by atoms with Gasteiger partial charge < -0.3 is 9.47 Å². The zero-order valence-corrected chi connectivity index (χ0v) is 14.1. The van der Waals surface area contributed by atoms with Crippen LogP contribution in [-0.2, 0) is 25.7 Å². The lowest BCUT2D eigenvalue weighted by molar-refractivity contribution is -0.172. The van der Waals surface area contributed by atoms with Crippen LogP contribution in [0.3, 0.4) is 0 Å². The normalized spacial score (nSPS) is 31.4. The van der Waals surface area contributed by atoms with Crippen molar-refractivity contribution in [1.82, 2.24) is 0 Å². The molecular weight excluding hydrogens is 304 g/mol. The van der Waals surface area contributed by atoms with Gasteiger partial charge in [-0.15, -0.1) is 6.58 Å². The highest BCUT2D eigenvalue weighted by Crippen LogP contribution is 2.61. The fourth-order valence-electron chi connectivity index (χ4n) is 4.58. The molecule has 3 rings (SSSR count). The van der Waals surface area contributed by atoms with Gasteiger partial charge in [-0.3, -0.25) is 9.59 Å². The van der Waals surface area contributed by atoms with Gasteiger partial charge in [0.15, 0.2) is 0 Å². The van der Waals surface area contributed by atoms with Gasteiger partial charge >= 0.3 is 11.9 Å². The number of carbonyl (C=O) groups excluding carboxylic acids is 2. The molecule has 1 aliphatic heterocycles. The van der Waals surface area contributed by atoms with Crippen molar-refractivity contribution in [2.24, 2.45) is 11.3 Å². The Morgan fingerprint density at radius 2 is 2.17 bits per heavy atom. The van der Waals surface area contributed by atoms with Gasteiger partial charge in [0, 0.05) is 5.92 Å². The first kappa shape index (κ1) is 16.7. The average Bonchev–Trinajstić information content (AvgIpc) is 3.05. The minimum absolute atomic E-state index is 0.127. The lowest BCUT2D eigenvalue weighted by atomic mass is 9.69. The third-order valence-corrected chi connectivity index (χ3v) is 5.71. The third kappa shape index (κ3) is 2.45. The first-order valence-corrected chi connectivity index (χ1v) is 8.62. The van der Waals surface area contributed by atoms with Gasteiger partial charge in [0.1, 0.15) is 17.6 Å². The molecule has 1 saturated carbocycles. The Balaban J connectivity index is 1.84. The molecule has 0 N–H and O–H groups in total. The molecule has 2 aliphatic rings. The van der Waals surface area contributed by atoms with Gasteiger partial charge in [0.05, 0.1) is 6.42 Å². The van der Waals surface area contributed by atoms with Crippen LogP contribution in [0.5, 0.6) is 0 Å². The highest BCUT2D eigenvalue weighted by atomic mass is 16.6. The molecule has 0 radical (unpaired) electrons. The second-order valence-corrected chi connectivity index (χ2v) is 6.80. The number of benzene rings is 1. The standard InChI is InChI=1S/C20H24O4/c1-3-8-16-11-12-19(13-17(21)24-20(16,19)4-2)18(22)23-14-15-9-6-5-7-10-15/h3,5-7,9-10,16H,1,4,8,11-14H2,2H3. The summed E-state index contributed by atoms with van der Waals surface area (Å²) in [5.74, 6) is -0.455. The van der Waals surface area contributed by atoms with Gasteiger partial charge in [-0.2, -0.15) is 0 Å². The van der Waals surface area contributed by atoms with E-state index in [1.807, 2.05) is 43.3 Å². The minimum Gasteiger partial charge on any atom is -0.460 e. The van der Waals surface area contributed by atoms with Crippen LogP contribution in [0.15, 0.2) is 43.0 Å². The van der Waals surface area contributed by atoms with Crippen LogP contribution in [0, 0.1) is 11.3 Å². The molecule has 4 heteroatoms. The Kier molecular flexibility index (Phi) is 4.48. The first-order valence-electron chi connectivity index (χ1n) is 8.62. The van der Waals surface area contributed by atoms with Crippen molar-refractivity contribution in [3.63, 3.8) is 0 Å². The molecule has 0 spiro atoms. The highest BCUT2D eigenvalue weighted by Gasteiger charge is 2.70. The average molecular weight is 328 g/mol. The number of hydrogen-bond acceptors (Lipinski definition) is 4. The van der Waals surface area contributed by atoms with Gasteiger partial charge in [-0.1, -0.05) is 43.3 Å². The van der Waals surface area contributed by atoms with E-state index in [1.54, 1.807) is 0 Å². The number of ether oxygens (including phenoxy) is 2. The van der Waals surface area contributed by atoms with Crippen LogP contribution in [0.4, 0.5) is 0 Å². The SMILES string of the molecule is C=CCC1CCC2(C(=O)OCc3ccccc3)CC(=O)OC12CC. The lowest BCUT2D eigenvalue weighted by Crippen LogP contribution is -2.50. The second-order valence-electron chi connectivity index (χ2n) is 6.80. The lowest BCUT2D eigenvalue weighted by Gasteiger charge is -2.39. The van der Waals surface area contributed by atoms with Crippen molar-refractivity contribution >= 4 is 11.9 Å². The Morgan fingerprint density at radius 3 is 2.83 bits per heavy atom. The summed E-state index contributed by atoms with van der Waals surface area (Å²) in [6, 6.07) is 9.59. The highest BCUT2D eigenvalue weighted by molar-refractivity contribution is 5.89. The van der Waals surface area contributed by atoms with Crippen molar-refractivity contribution in [1.29, 1.82) is 0 Å². The maximum absolute atomic E-state index is 13.0. The zero-order valence-electron chi connectivity index (χ0n) is 14.1. The van der Waals surface area contributed by atoms with E-state index in [2.05, 4.69) is 6.58 Å². The van der Waals surface area contributed by atoms with Crippen molar-refractivity contribution in [2.75, 3.05) is 0 Å². The summed E-state index contributed by atoms with van der Waals surface area (Å²) in [5, 5.41) is 0. The molecule has 4 nitrogen and oxygen atoms in total. The van der Waals surface area contributed by atoms with Gasteiger partial charge in [-0.05, 0) is 31.2 Å². The fraction of sp³-hybridized carbons (Fsp3) is 0.500. The topological polar surface area (TPSA) is 52.6 Å². The predicted octanol–water partition coefficient (Wildman–Crippen LogP) is 3.80. The summed E-state index contributed by atoms with van der Waals surface area (Å²) in [5.41, 5.74) is -0.650. The number of allylic oxidation sites excluding steroid dienone is 1. The molecule has 2 fully saturated rings. The van der Waals surface area contributed by atoms with Gasteiger partial charge in [0.2, 0.25) is 0 Å². The monoisotopic (exact) mass is 328 g/mol. The van der Waals surface area contributed by atoms with Crippen molar-refractivity contribution in [2.45, 2.75) is 51.2 Å². The maximum Gasteiger partial charge on any atom is 0.317 e.